The Labute approximate surface area is 109 Å². The van der Waals surface area contributed by atoms with Crippen molar-refractivity contribution in [2.75, 3.05) is 11.9 Å². The molecular weight excluding hydrogens is 245 g/mol. The van der Waals surface area contributed by atoms with E-state index in [0.29, 0.717) is 17.0 Å². The highest BCUT2D eigenvalue weighted by molar-refractivity contribution is 5.83. The maximum absolute atomic E-state index is 13.4. The van der Waals surface area contributed by atoms with Gasteiger partial charge in [0.25, 0.3) is 0 Å². The molecule has 0 fully saturated rings. The van der Waals surface area contributed by atoms with Gasteiger partial charge in [0.2, 0.25) is 5.65 Å². The Morgan fingerprint density at radius 1 is 1.26 bits per heavy atom. The summed E-state index contributed by atoms with van der Waals surface area (Å²) in [6, 6.07) is 4.56. The molecule has 3 aromatic rings. The molecule has 2 heterocycles. The van der Waals surface area contributed by atoms with Gasteiger partial charge in [0.15, 0.2) is 5.82 Å². The second-order valence-electron chi connectivity index (χ2n) is 4.25. The molecule has 0 saturated heterocycles. The highest BCUT2D eigenvalue weighted by atomic mass is 19.1. The lowest BCUT2D eigenvalue weighted by atomic mass is 10.2. The topological polar surface area (TPSA) is 55.1 Å². The van der Waals surface area contributed by atoms with Crippen LogP contribution in [0.5, 0.6) is 0 Å². The second-order valence-corrected chi connectivity index (χ2v) is 4.25. The number of hydrogen-bond donors (Lipinski definition) is 1. The van der Waals surface area contributed by atoms with Crippen LogP contribution >= 0.6 is 0 Å². The standard InChI is InChI=1S/C13H14FN5/c1-3-11-17-18-13-12(15-4-2)16-9-7-8(14)5-6-10(9)19(11)13/h5-7H,3-4H2,1-2H3,(H,15,16). The van der Waals surface area contributed by atoms with Gasteiger partial charge in [0.05, 0.1) is 11.0 Å². The van der Waals surface area contributed by atoms with Crippen LogP contribution in [0.3, 0.4) is 0 Å². The van der Waals surface area contributed by atoms with Crippen LogP contribution in [0.4, 0.5) is 10.2 Å². The minimum absolute atomic E-state index is 0.298. The number of hydrogen-bond acceptors (Lipinski definition) is 4. The first kappa shape index (κ1) is 11.8. The molecule has 19 heavy (non-hydrogen) atoms. The molecule has 6 heteroatoms. The Morgan fingerprint density at radius 3 is 2.84 bits per heavy atom. The Bertz CT molecular complexity index is 749. The number of rotatable bonds is 3. The van der Waals surface area contributed by atoms with E-state index in [2.05, 4.69) is 20.5 Å². The first-order valence-electron chi connectivity index (χ1n) is 6.31. The third kappa shape index (κ3) is 1.80. The molecule has 5 nitrogen and oxygen atoms in total. The molecule has 0 unspecified atom stereocenters. The van der Waals surface area contributed by atoms with E-state index >= 15 is 0 Å². The van der Waals surface area contributed by atoms with Gasteiger partial charge in [-0.1, -0.05) is 6.92 Å². The van der Waals surface area contributed by atoms with Crippen LogP contribution in [0.25, 0.3) is 16.7 Å². The van der Waals surface area contributed by atoms with Crippen LogP contribution in [0.2, 0.25) is 0 Å². The molecule has 0 aliphatic rings. The summed E-state index contributed by atoms with van der Waals surface area (Å²) in [5.41, 5.74) is 2.09. The molecule has 0 aliphatic heterocycles. The molecule has 0 bridgehead atoms. The third-order valence-electron chi connectivity index (χ3n) is 3.01. The fourth-order valence-electron chi connectivity index (χ4n) is 2.18. The molecule has 98 valence electrons. The lowest BCUT2D eigenvalue weighted by molar-refractivity contribution is 0.629. The quantitative estimate of drug-likeness (QED) is 0.784. The van der Waals surface area contributed by atoms with Crippen LogP contribution in [0.1, 0.15) is 19.7 Å². The number of aryl methyl sites for hydroxylation is 1. The van der Waals surface area contributed by atoms with Crippen molar-refractivity contribution in [3.63, 3.8) is 0 Å². The van der Waals surface area contributed by atoms with Crippen molar-refractivity contribution in [2.45, 2.75) is 20.3 Å². The number of fused-ring (bicyclic) bond motifs is 3. The second kappa shape index (κ2) is 4.46. The van der Waals surface area contributed by atoms with E-state index < -0.39 is 0 Å². The van der Waals surface area contributed by atoms with Crippen LogP contribution in [0.15, 0.2) is 18.2 Å². The summed E-state index contributed by atoms with van der Waals surface area (Å²) in [4.78, 5) is 4.43. The van der Waals surface area contributed by atoms with Crippen molar-refractivity contribution in [1.29, 1.82) is 0 Å². The van der Waals surface area contributed by atoms with E-state index in [1.807, 2.05) is 18.2 Å². The van der Waals surface area contributed by atoms with Gasteiger partial charge >= 0.3 is 0 Å². The van der Waals surface area contributed by atoms with E-state index in [0.717, 1.165) is 24.3 Å². The average molecular weight is 259 g/mol. The minimum Gasteiger partial charge on any atom is -0.367 e. The highest BCUT2D eigenvalue weighted by Gasteiger charge is 2.13. The molecule has 1 aromatic carbocycles. The van der Waals surface area contributed by atoms with E-state index in [1.165, 1.54) is 12.1 Å². The van der Waals surface area contributed by atoms with Crippen LogP contribution in [-0.4, -0.2) is 26.1 Å². The van der Waals surface area contributed by atoms with Gasteiger partial charge < -0.3 is 5.32 Å². The zero-order chi connectivity index (χ0) is 13.4. The van der Waals surface area contributed by atoms with Crippen LogP contribution < -0.4 is 5.32 Å². The molecule has 2 aromatic heterocycles. The molecule has 1 N–H and O–H groups in total. The summed E-state index contributed by atoms with van der Waals surface area (Å²) < 4.78 is 15.3. The monoisotopic (exact) mass is 259 g/mol. The zero-order valence-electron chi connectivity index (χ0n) is 10.8. The van der Waals surface area contributed by atoms with Gasteiger partial charge in [0.1, 0.15) is 11.6 Å². The van der Waals surface area contributed by atoms with Gasteiger partial charge in [-0.15, -0.1) is 10.2 Å². The molecule has 0 saturated carbocycles. The summed E-state index contributed by atoms with van der Waals surface area (Å²) in [5.74, 6) is 1.17. The number of nitrogens with one attached hydrogen (secondary N) is 1. The molecule has 0 amide bonds. The number of halogens is 1. The van der Waals surface area contributed by atoms with Gasteiger partial charge in [-0.2, -0.15) is 0 Å². The largest absolute Gasteiger partial charge is 0.367 e. The van der Waals surface area contributed by atoms with E-state index in [1.54, 1.807) is 6.07 Å². The predicted molar refractivity (Wildman–Crippen MR) is 71.8 cm³/mol. The Hall–Kier alpha value is -2.24. The van der Waals surface area contributed by atoms with Gasteiger partial charge in [-0.25, -0.2) is 9.37 Å². The SMILES string of the molecule is CCNc1nc2cc(F)ccc2n2c(CC)nnc12. The number of anilines is 1. The van der Waals surface area contributed by atoms with Crippen molar-refractivity contribution in [1.82, 2.24) is 19.6 Å². The summed E-state index contributed by atoms with van der Waals surface area (Å²) in [6.45, 7) is 4.71. The van der Waals surface area contributed by atoms with E-state index in [9.17, 15) is 4.39 Å². The maximum atomic E-state index is 13.4. The minimum atomic E-state index is -0.298. The first-order valence-corrected chi connectivity index (χ1v) is 6.31. The third-order valence-corrected chi connectivity index (χ3v) is 3.01. The van der Waals surface area contributed by atoms with Crippen LogP contribution in [-0.2, 0) is 6.42 Å². The van der Waals surface area contributed by atoms with Crippen molar-refractivity contribution in [3.8, 4) is 0 Å². The number of nitrogens with zero attached hydrogens (tertiary/aromatic N) is 4. The average Bonchev–Trinajstić information content (AvgIpc) is 2.83. The molecule has 3 rings (SSSR count). The lowest BCUT2D eigenvalue weighted by Gasteiger charge is -2.08. The Balaban J connectivity index is 2.44. The molecule has 0 atom stereocenters. The predicted octanol–water partition coefficient (Wildman–Crippen LogP) is 2.41. The lowest BCUT2D eigenvalue weighted by Crippen LogP contribution is -2.05. The van der Waals surface area contributed by atoms with Crippen LogP contribution in [0, 0.1) is 5.82 Å². The smallest absolute Gasteiger partial charge is 0.204 e. The molecule has 0 radical (unpaired) electrons. The van der Waals surface area contributed by atoms with Crippen molar-refractivity contribution in [3.05, 3.63) is 29.8 Å². The molecule has 0 spiro atoms. The fraction of sp³-hybridized carbons (Fsp3) is 0.308. The fourth-order valence-corrected chi connectivity index (χ4v) is 2.18. The number of benzene rings is 1. The normalized spacial score (nSPS) is 11.3. The summed E-state index contributed by atoms with van der Waals surface area (Å²) in [6.07, 6.45) is 0.753. The van der Waals surface area contributed by atoms with Gasteiger partial charge in [-0.05, 0) is 19.1 Å². The van der Waals surface area contributed by atoms with E-state index in [-0.39, 0.29) is 5.82 Å². The first-order chi connectivity index (χ1) is 9.24. The van der Waals surface area contributed by atoms with Gasteiger partial charge in [0, 0.05) is 19.0 Å². The Morgan fingerprint density at radius 2 is 2.11 bits per heavy atom. The maximum Gasteiger partial charge on any atom is 0.204 e. The zero-order valence-corrected chi connectivity index (χ0v) is 10.8. The van der Waals surface area contributed by atoms with Crippen molar-refractivity contribution in [2.24, 2.45) is 0 Å². The molecular formula is C13H14FN5. The summed E-state index contributed by atoms with van der Waals surface area (Å²) in [5, 5.41) is 11.5. The molecule has 0 aliphatic carbocycles. The summed E-state index contributed by atoms with van der Waals surface area (Å²) in [7, 11) is 0. The summed E-state index contributed by atoms with van der Waals surface area (Å²) >= 11 is 0. The van der Waals surface area contributed by atoms with Crippen molar-refractivity contribution < 1.29 is 4.39 Å². The van der Waals surface area contributed by atoms with E-state index in [4.69, 9.17) is 0 Å². The van der Waals surface area contributed by atoms with Crippen molar-refractivity contribution >= 4 is 22.5 Å². The Kier molecular flexibility index (Phi) is 2.77. The number of aromatic nitrogens is 4. The highest BCUT2D eigenvalue weighted by Crippen LogP contribution is 2.22. The van der Waals surface area contributed by atoms with Gasteiger partial charge in [-0.3, -0.25) is 4.40 Å².